The normalized spacial score (nSPS) is 13.6. The fourth-order valence-electron chi connectivity index (χ4n) is 2.82. The lowest BCUT2D eigenvalue weighted by molar-refractivity contribution is -0.127. The van der Waals surface area contributed by atoms with Gasteiger partial charge in [-0.2, -0.15) is 0 Å². The number of hydrogen-bond acceptors (Lipinski definition) is 6. The summed E-state index contributed by atoms with van der Waals surface area (Å²) in [4.78, 5) is 60.3. The van der Waals surface area contributed by atoms with E-state index in [2.05, 4.69) is 0 Å². The van der Waals surface area contributed by atoms with E-state index < -0.39 is 24.0 Å². The largest absolute Gasteiger partial charge is 0.449 e. The molecule has 9 nitrogen and oxygen atoms in total. The lowest BCUT2D eigenvalue weighted by atomic mass is 10.1. The van der Waals surface area contributed by atoms with Gasteiger partial charge in [0.2, 0.25) is 0 Å². The van der Waals surface area contributed by atoms with Crippen LogP contribution in [0.4, 0.5) is 4.79 Å². The second-order valence-corrected chi connectivity index (χ2v) is 6.34. The highest BCUT2D eigenvalue weighted by atomic mass is 16.5. The molecule has 0 saturated heterocycles. The smallest absolute Gasteiger partial charge is 0.338 e. The van der Waals surface area contributed by atoms with Gasteiger partial charge < -0.3 is 10.5 Å². The Labute approximate surface area is 165 Å². The molecule has 0 radical (unpaired) electrons. The van der Waals surface area contributed by atoms with Crippen molar-refractivity contribution in [2.45, 2.75) is 19.6 Å². The van der Waals surface area contributed by atoms with Gasteiger partial charge in [0.25, 0.3) is 17.7 Å². The van der Waals surface area contributed by atoms with E-state index in [9.17, 15) is 24.0 Å². The molecule has 5 amide bonds. The van der Waals surface area contributed by atoms with Crippen molar-refractivity contribution in [1.29, 1.82) is 0 Å². The third-order valence-electron chi connectivity index (χ3n) is 4.31. The number of primary amides is 1. The van der Waals surface area contributed by atoms with Gasteiger partial charge >= 0.3 is 12.0 Å². The van der Waals surface area contributed by atoms with Gasteiger partial charge in [0, 0.05) is 0 Å². The van der Waals surface area contributed by atoms with E-state index in [4.69, 9.17) is 10.5 Å². The van der Waals surface area contributed by atoms with Gasteiger partial charge in [-0.3, -0.25) is 24.6 Å². The summed E-state index contributed by atoms with van der Waals surface area (Å²) in [5.74, 6) is -2.36. The first-order chi connectivity index (χ1) is 13.8. The number of carbonyl (C=O) groups excluding carboxylic acids is 5. The summed E-state index contributed by atoms with van der Waals surface area (Å²) in [6.45, 7) is 1.35. The second kappa shape index (κ2) is 7.93. The average Bonchev–Trinajstić information content (AvgIpc) is 2.93. The summed E-state index contributed by atoms with van der Waals surface area (Å²) in [6.07, 6.45) is -1.21. The van der Waals surface area contributed by atoms with Crippen molar-refractivity contribution in [2.75, 3.05) is 0 Å². The first kappa shape index (κ1) is 19.7. The number of nitrogens with one attached hydrogen (secondary N) is 1. The summed E-state index contributed by atoms with van der Waals surface area (Å²) >= 11 is 0. The Morgan fingerprint density at radius 3 is 2.07 bits per heavy atom. The summed E-state index contributed by atoms with van der Waals surface area (Å²) < 4.78 is 4.97. The summed E-state index contributed by atoms with van der Waals surface area (Å²) in [5, 5.41) is 1.82. The highest BCUT2D eigenvalue weighted by Crippen LogP contribution is 2.24. The summed E-state index contributed by atoms with van der Waals surface area (Å²) in [6, 6.07) is 11.6. The van der Waals surface area contributed by atoms with Crippen LogP contribution in [0.15, 0.2) is 48.5 Å². The van der Waals surface area contributed by atoms with Crippen molar-refractivity contribution in [3.63, 3.8) is 0 Å². The molecule has 0 aliphatic carbocycles. The van der Waals surface area contributed by atoms with Gasteiger partial charge in [-0.15, -0.1) is 0 Å². The van der Waals surface area contributed by atoms with Crippen LogP contribution in [-0.4, -0.2) is 40.7 Å². The van der Waals surface area contributed by atoms with Crippen molar-refractivity contribution >= 4 is 29.7 Å². The van der Waals surface area contributed by atoms with Crippen molar-refractivity contribution in [3.05, 3.63) is 70.8 Å². The van der Waals surface area contributed by atoms with Gasteiger partial charge in [0.05, 0.1) is 23.2 Å². The Hall–Kier alpha value is -4.01. The molecule has 3 rings (SSSR count). The first-order valence-corrected chi connectivity index (χ1v) is 8.63. The highest BCUT2D eigenvalue weighted by molar-refractivity contribution is 6.21. The van der Waals surface area contributed by atoms with Crippen molar-refractivity contribution in [3.8, 4) is 0 Å². The fourth-order valence-corrected chi connectivity index (χ4v) is 2.82. The Balaban J connectivity index is 1.64. The van der Waals surface area contributed by atoms with Gasteiger partial charge in [0.1, 0.15) is 0 Å². The van der Waals surface area contributed by atoms with Gasteiger partial charge in [-0.1, -0.05) is 24.3 Å². The first-order valence-electron chi connectivity index (χ1n) is 8.63. The predicted molar refractivity (Wildman–Crippen MR) is 99.7 cm³/mol. The number of imide groups is 2. The van der Waals surface area contributed by atoms with Crippen molar-refractivity contribution in [2.24, 2.45) is 5.73 Å². The van der Waals surface area contributed by atoms with E-state index in [1.165, 1.54) is 19.1 Å². The highest BCUT2D eigenvalue weighted by Gasteiger charge is 2.34. The third-order valence-corrected chi connectivity index (χ3v) is 4.31. The zero-order chi connectivity index (χ0) is 21.1. The number of nitrogens with zero attached hydrogens (tertiary/aromatic N) is 1. The van der Waals surface area contributed by atoms with Crippen molar-refractivity contribution in [1.82, 2.24) is 10.2 Å². The van der Waals surface area contributed by atoms with Crippen LogP contribution in [0.5, 0.6) is 0 Å². The number of nitrogens with two attached hydrogens (primary N) is 1. The maximum Gasteiger partial charge on any atom is 0.338 e. The molecule has 1 unspecified atom stereocenters. The van der Waals surface area contributed by atoms with Crippen LogP contribution in [0.2, 0.25) is 0 Å². The quantitative estimate of drug-likeness (QED) is 0.577. The Morgan fingerprint density at radius 1 is 1.00 bits per heavy atom. The topological polar surface area (TPSA) is 136 Å². The van der Waals surface area contributed by atoms with Crippen molar-refractivity contribution < 1.29 is 28.7 Å². The van der Waals surface area contributed by atoms with Crippen LogP contribution in [0.25, 0.3) is 0 Å². The molecule has 0 saturated carbocycles. The zero-order valence-electron chi connectivity index (χ0n) is 15.4. The maximum absolute atomic E-state index is 12.4. The average molecular weight is 395 g/mol. The number of hydrogen-bond donors (Lipinski definition) is 2. The number of urea groups is 1. The Bertz CT molecular complexity index is 980. The molecule has 29 heavy (non-hydrogen) atoms. The number of ether oxygens (including phenoxy) is 1. The molecule has 0 fully saturated rings. The monoisotopic (exact) mass is 395 g/mol. The molecule has 0 spiro atoms. The number of fused-ring (bicyclic) bond motifs is 1. The molecule has 0 aromatic heterocycles. The van der Waals surface area contributed by atoms with Crippen LogP contribution >= 0.6 is 0 Å². The SMILES string of the molecule is CC(OC(=O)c1ccc(CN2C(=O)c3ccccc3C2=O)cc1)C(=O)NC(N)=O. The molecule has 1 heterocycles. The predicted octanol–water partition coefficient (Wildman–Crippen LogP) is 1.22. The zero-order valence-corrected chi connectivity index (χ0v) is 15.4. The van der Waals surface area contributed by atoms with E-state index in [1.54, 1.807) is 36.4 Å². The molecular formula is C20H17N3O6. The number of esters is 1. The van der Waals surface area contributed by atoms with Gasteiger partial charge in [-0.25, -0.2) is 9.59 Å². The number of rotatable bonds is 5. The molecule has 3 N–H and O–H groups in total. The van der Waals surface area contributed by atoms with E-state index in [1.807, 2.05) is 5.32 Å². The molecular weight excluding hydrogens is 378 g/mol. The minimum absolute atomic E-state index is 0.0547. The summed E-state index contributed by atoms with van der Waals surface area (Å²) in [7, 11) is 0. The Morgan fingerprint density at radius 2 is 1.55 bits per heavy atom. The molecule has 1 aliphatic heterocycles. The van der Waals surface area contributed by atoms with Crippen LogP contribution in [0.3, 0.4) is 0 Å². The lowest BCUT2D eigenvalue weighted by Crippen LogP contribution is -2.42. The molecule has 2 aromatic carbocycles. The molecule has 9 heteroatoms. The number of carbonyl (C=O) groups is 5. The van der Waals surface area contributed by atoms with E-state index >= 15 is 0 Å². The van der Waals surface area contributed by atoms with Crippen LogP contribution in [0, 0.1) is 0 Å². The summed E-state index contributed by atoms with van der Waals surface area (Å²) in [5.41, 5.74) is 6.36. The minimum atomic E-state index is -1.21. The van der Waals surface area contributed by atoms with E-state index in [0.717, 1.165) is 4.90 Å². The Kier molecular flexibility index (Phi) is 5.40. The minimum Gasteiger partial charge on any atom is -0.449 e. The van der Waals surface area contributed by atoms with Gasteiger partial charge in [0.15, 0.2) is 6.10 Å². The molecule has 1 atom stereocenters. The van der Waals surface area contributed by atoms with Crippen LogP contribution in [-0.2, 0) is 16.1 Å². The lowest BCUT2D eigenvalue weighted by Gasteiger charge is -2.15. The fraction of sp³-hybridized carbons (Fsp3) is 0.150. The third kappa shape index (κ3) is 4.13. The number of amides is 5. The molecule has 2 aromatic rings. The molecule has 1 aliphatic rings. The second-order valence-electron chi connectivity index (χ2n) is 6.34. The van der Waals surface area contributed by atoms with Crippen LogP contribution in [0.1, 0.15) is 43.6 Å². The van der Waals surface area contributed by atoms with Crippen LogP contribution < -0.4 is 11.1 Å². The van der Waals surface area contributed by atoms with E-state index in [-0.39, 0.29) is 23.9 Å². The molecule has 0 bridgehead atoms. The number of benzene rings is 2. The molecule has 148 valence electrons. The van der Waals surface area contributed by atoms with E-state index in [0.29, 0.717) is 16.7 Å². The van der Waals surface area contributed by atoms with Gasteiger partial charge in [-0.05, 0) is 36.8 Å². The standard InChI is InChI=1S/C20H17N3O6/c1-11(16(24)22-20(21)28)29-19(27)13-8-6-12(7-9-13)10-23-17(25)14-4-2-3-5-15(14)18(23)26/h2-9,11H,10H2,1H3,(H3,21,22,24,28). The maximum atomic E-state index is 12.4.